The van der Waals surface area contributed by atoms with Gasteiger partial charge in [0.15, 0.2) is 0 Å². The van der Waals surface area contributed by atoms with E-state index in [4.69, 9.17) is 17.0 Å². The second kappa shape index (κ2) is 9.59. The van der Waals surface area contributed by atoms with E-state index in [1.165, 1.54) is 16.4 Å². The van der Waals surface area contributed by atoms with E-state index in [0.29, 0.717) is 31.0 Å². The Morgan fingerprint density at radius 1 is 1.23 bits per heavy atom. The number of nitrogens with one attached hydrogen (secondary N) is 2. The summed E-state index contributed by atoms with van der Waals surface area (Å²) in [7, 11) is -2.30. The molecule has 0 spiro atoms. The first kappa shape index (κ1) is 22.3. The van der Waals surface area contributed by atoms with E-state index in [-0.39, 0.29) is 11.9 Å². The van der Waals surface area contributed by atoms with Crippen LogP contribution >= 0.6 is 11.6 Å². The lowest BCUT2D eigenvalue weighted by molar-refractivity contribution is 0.442. The van der Waals surface area contributed by atoms with E-state index in [1.807, 2.05) is 61.5 Å². The number of guanidine groups is 1. The zero-order chi connectivity index (χ0) is 21.7. The molecule has 1 atom stereocenters. The van der Waals surface area contributed by atoms with Crippen LogP contribution in [0.2, 0.25) is 5.02 Å². The third-order valence-electron chi connectivity index (χ3n) is 4.94. The van der Waals surface area contributed by atoms with Gasteiger partial charge in [-0.3, -0.25) is 5.41 Å². The Morgan fingerprint density at radius 2 is 1.90 bits per heavy atom. The minimum atomic E-state index is -3.79. The smallest absolute Gasteiger partial charge is 0.267 e. The third-order valence-corrected chi connectivity index (χ3v) is 6.65. The molecule has 0 aromatic heterocycles. The molecule has 0 saturated carbocycles. The highest BCUT2D eigenvalue weighted by molar-refractivity contribution is 7.87. The van der Waals surface area contributed by atoms with Crippen LogP contribution in [-0.2, 0) is 16.6 Å². The Kier molecular flexibility index (Phi) is 7.12. The number of rotatable bonds is 7. The summed E-state index contributed by atoms with van der Waals surface area (Å²) in [5, 5.41) is 15.0. The molecular weight excluding hydrogens is 422 g/mol. The molecule has 160 valence electrons. The monoisotopic (exact) mass is 447 g/mol. The Bertz CT molecular complexity index is 1010. The van der Waals surface area contributed by atoms with Gasteiger partial charge < -0.3 is 0 Å². The minimum absolute atomic E-state index is 0.0416. The highest BCUT2D eigenvalue weighted by Crippen LogP contribution is 2.27. The second-order valence-electron chi connectivity index (χ2n) is 7.22. The van der Waals surface area contributed by atoms with Crippen LogP contribution in [0.5, 0.6) is 0 Å². The molecule has 30 heavy (non-hydrogen) atoms. The van der Waals surface area contributed by atoms with Gasteiger partial charge in [0.1, 0.15) is 0 Å². The molecule has 3 rings (SSSR count). The molecule has 0 fully saturated rings. The molecule has 1 aliphatic rings. The van der Waals surface area contributed by atoms with Crippen molar-refractivity contribution in [3.8, 4) is 0 Å². The molecule has 2 aromatic carbocycles. The van der Waals surface area contributed by atoms with Crippen molar-refractivity contribution in [1.29, 1.82) is 5.41 Å². The van der Waals surface area contributed by atoms with E-state index < -0.39 is 10.2 Å². The van der Waals surface area contributed by atoms with Crippen LogP contribution in [0.3, 0.4) is 0 Å². The summed E-state index contributed by atoms with van der Waals surface area (Å²) in [4.78, 5) is 0. The van der Waals surface area contributed by atoms with Crippen molar-refractivity contribution in [2.75, 3.05) is 20.1 Å². The summed E-state index contributed by atoms with van der Waals surface area (Å²) >= 11 is 5.99. The van der Waals surface area contributed by atoms with E-state index in [0.717, 1.165) is 16.8 Å². The van der Waals surface area contributed by atoms with Gasteiger partial charge in [-0.05, 0) is 29.7 Å². The van der Waals surface area contributed by atoms with Crippen LogP contribution in [0.15, 0.2) is 59.7 Å². The van der Waals surface area contributed by atoms with Gasteiger partial charge in [0, 0.05) is 31.0 Å². The van der Waals surface area contributed by atoms with Gasteiger partial charge in [-0.2, -0.15) is 17.8 Å². The van der Waals surface area contributed by atoms with Gasteiger partial charge in [0.25, 0.3) is 0 Å². The predicted octanol–water partition coefficient (Wildman–Crippen LogP) is 3.45. The fourth-order valence-corrected chi connectivity index (χ4v) is 4.38. The number of halogens is 1. The number of benzene rings is 2. The van der Waals surface area contributed by atoms with Crippen molar-refractivity contribution in [2.45, 2.75) is 25.7 Å². The quantitative estimate of drug-likeness (QED) is 0.503. The van der Waals surface area contributed by atoms with Gasteiger partial charge in [-0.15, -0.1) is 0 Å². The lowest BCUT2D eigenvalue weighted by atomic mass is 9.91. The van der Waals surface area contributed by atoms with Crippen molar-refractivity contribution >= 4 is 33.5 Å². The molecule has 0 saturated heterocycles. The summed E-state index contributed by atoms with van der Waals surface area (Å²) in [5.74, 6) is -0.301. The molecule has 2 N–H and O–H groups in total. The predicted molar refractivity (Wildman–Crippen MR) is 121 cm³/mol. The van der Waals surface area contributed by atoms with Gasteiger partial charge in [0.2, 0.25) is 5.96 Å². The van der Waals surface area contributed by atoms with Crippen molar-refractivity contribution in [3.63, 3.8) is 0 Å². The van der Waals surface area contributed by atoms with E-state index >= 15 is 0 Å². The first-order valence-electron chi connectivity index (χ1n) is 9.77. The highest BCUT2D eigenvalue weighted by Gasteiger charge is 2.31. The molecule has 2 aromatic rings. The van der Waals surface area contributed by atoms with Gasteiger partial charge in [-0.1, -0.05) is 61.0 Å². The van der Waals surface area contributed by atoms with Crippen LogP contribution in [0.4, 0.5) is 0 Å². The first-order chi connectivity index (χ1) is 14.3. The fraction of sp³-hybridized carbons (Fsp3) is 0.333. The Balaban J connectivity index is 1.82. The Labute approximate surface area is 183 Å². The molecule has 0 amide bonds. The topological polar surface area (TPSA) is 88.9 Å². The zero-order valence-corrected chi connectivity index (χ0v) is 18.6. The average molecular weight is 448 g/mol. The first-order valence-corrected chi connectivity index (χ1v) is 11.6. The second-order valence-corrected chi connectivity index (χ2v) is 9.43. The van der Waals surface area contributed by atoms with Crippen LogP contribution in [0, 0.1) is 5.41 Å². The van der Waals surface area contributed by atoms with E-state index in [1.54, 1.807) is 0 Å². The minimum Gasteiger partial charge on any atom is -0.267 e. The lowest BCUT2D eigenvalue weighted by Crippen LogP contribution is -2.46. The van der Waals surface area contributed by atoms with Crippen molar-refractivity contribution in [1.82, 2.24) is 14.0 Å². The molecule has 1 unspecified atom stereocenters. The SMILES string of the molecule is CCCN(C)S(=O)(=O)NC(=N)N1CC(c2ccccc2)C(Cc2ccc(Cl)cc2)=N1. The lowest BCUT2D eigenvalue weighted by Gasteiger charge is -2.21. The van der Waals surface area contributed by atoms with Gasteiger partial charge >= 0.3 is 10.2 Å². The molecule has 0 bridgehead atoms. The summed E-state index contributed by atoms with van der Waals surface area (Å²) in [6.45, 7) is 2.67. The van der Waals surface area contributed by atoms with Crippen molar-refractivity contribution in [3.05, 3.63) is 70.7 Å². The molecular formula is C21H26ClN5O2S. The van der Waals surface area contributed by atoms with Crippen LogP contribution in [0.25, 0.3) is 0 Å². The number of hydrazone groups is 1. The summed E-state index contributed by atoms with van der Waals surface area (Å²) in [6.07, 6.45) is 1.27. The van der Waals surface area contributed by atoms with Gasteiger partial charge in [-0.25, -0.2) is 9.73 Å². The molecule has 1 heterocycles. The number of nitrogens with zero attached hydrogens (tertiary/aromatic N) is 3. The summed E-state index contributed by atoms with van der Waals surface area (Å²) in [6, 6.07) is 17.5. The average Bonchev–Trinajstić information content (AvgIpc) is 3.14. The maximum absolute atomic E-state index is 12.4. The van der Waals surface area contributed by atoms with E-state index in [9.17, 15) is 8.42 Å². The normalized spacial score (nSPS) is 16.6. The van der Waals surface area contributed by atoms with Crippen LogP contribution in [0.1, 0.15) is 30.4 Å². The molecule has 9 heteroatoms. The van der Waals surface area contributed by atoms with Crippen molar-refractivity contribution in [2.24, 2.45) is 5.10 Å². The maximum Gasteiger partial charge on any atom is 0.303 e. The zero-order valence-electron chi connectivity index (χ0n) is 17.0. The summed E-state index contributed by atoms with van der Waals surface area (Å²) < 4.78 is 28.4. The highest BCUT2D eigenvalue weighted by atomic mass is 35.5. The molecule has 7 nitrogen and oxygen atoms in total. The third kappa shape index (κ3) is 5.38. The summed E-state index contributed by atoms with van der Waals surface area (Å²) in [5.41, 5.74) is 3.00. The maximum atomic E-state index is 12.4. The molecule has 1 aliphatic heterocycles. The van der Waals surface area contributed by atoms with Gasteiger partial charge in [0.05, 0.1) is 12.3 Å². The van der Waals surface area contributed by atoms with E-state index in [2.05, 4.69) is 9.82 Å². The molecule has 0 aliphatic carbocycles. The largest absolute Gasteiger partial charge is 0.303 e. The number of hydrogen-bond donors (Lipinski definition) is 2. The van der Waals surface area contributed by atoms with Crippen LogP contribution < -0.4 is 4.72 Å². The van der Waals surface area contributed by atoms with Crippen LogP contribution in [-0.4, -0.2) is 49.5 Å². The molecule has 0 radical (unpaired) electrons. The van der Waals surface area contributed by atoms with Crippen molar-refractivity contribution < 1.29 is 8.42 Å². The standard InChI is InChI=1S/C21H26ClN5O2S/c1-3-13-26(2)30(28,29)25-21(23)27-15-19(17-7-5-4-6-8-17)20(24-27)14-16-9-11-18(22)12-10-16/h4-12,19H,3,13-15H2,1-2H3,(H2,23,25). The fourth-order valence-electron chi connectivity index (χ4n) is 3.33. The Morgan fingerprint density at radius 3 is 2.53 bits per heavy atom. The Hall–Kier alpha value is -2.42. The number of hydrogen-bond acceptors (Lipinski definition) is 4.